The van der Waals surface area contributed by atoms with Crippen LogP contribution in [0, 0.1) is 12.8 Å². The van der Waals surface area contributed by atoms with Crippen LogP contribution in [-0.2, 0) is 19.1 Å². The lowest BCUT2D eigenvalue weighted by molar-refractivity contribution is -0.159. The average Bonchev–Trinajstić information content (AvgIpc) is 3.15. The largest absolute Gasteiger partial charge is 0.447 e. The Hall–Kier alpha value is -3.68. The Morgan fingerprint density at radius 1 is 1.10 bits per heavy atom. The van der Waals surface area contributed by atoms with E-state index in [1.165, 1.54) is 4.90 Å². The minimum absolute atomic E-state index is 0.00778. The fraction of sp³-hybridized carbons (Fsp3) is 0.304. The quantitative estimate of drug-likeness (QED) is 0.695. The highest BCUT2D eigenvalue weighted by Gasteiger charge is 2.38. The zero-order chi connectivity index (χ0) is 22.4. The fourth-order valence-electron chi connectivity index (χ4n) is 3.34. The van der Waals surface area contributed by atoms with Gasteiger partial charge in [0.05, 0.1) is 5.92 Å². The SMILES string of the molecule is CCNC(=O)NC(=O)[C@H](OC(=O)[C@@H]1CC(=O)N(c2ccc(C)cc2)C1)c1ccccc1. The molecule has 0 radical (unpaired) electrons. The molecule has 0 bridgehead atoms. The number of carbonyl (C=O) groups is 4. The summed E-state index contributed by atoms with van der Waals surface area (Å²) in [7, 11) is 0. The summed E-state index contributed by atoms with van der Waals surface area (Å²) in [4.78, 5) is 51.2. The number of ether oxygens (including phenoxy) is 1. The fourth-order valence-corrected chi connectivity index (χ4v) is 3.34. The molecule has 1 heterocycles. The molecule has 1 aliphatic heterocycles. The van der Waals surface area contributed by atoms with Gasteiger partial charge in [0.1, 0.15) is 0 Å². The van der Waals surface area contributed by atoms with E-state index < -0.39 is 29.9 Å². The van der Waals surface area contributed by atoms with Gasteiger partial charge in [0.25, 0.3) is 5.91 Å². The Morgan fingerprint density at radius 3 is 2.42 bits per heavy atom. The van der Waals surface area contributed by atoms with Crippen molar-refractivity contribution in [3.8, 4) is 0 Å². The average molecular weight is 423 g/mol. The van der Waals surface area contributed by atoms with Gasteiger partial charge in [-0.1, -0.05) is 48.0 Å². The van der Waals surface area contributed by atoms with Crippen molar-refractivity contribution in [1.82, 2.24) is 10.6 Å². The van der Waals surface area contributed by atoms with Crippen LogP contribution in [0.3, 0.4) is 0 Å². The molecule has 0 saturated carbocycles. The first-order valence-electron chi connectivity index (χ1n) is 10.1. The molecule has 1 aliphatic rings. The van der Waals surface area contributed by atoms with Crippen LogP contribution >= 0.6 is 0 Å². The van der Waals surface area contributed by atoms with Gasteiger partial charge in [-0.15, -0.1) is 0 Å². The van der Waals surface area contributed by atoms with Crippen molar-refractivity contribution in [3.63, 3.8) is 0 Å². The number of anilines is 1. The first-order chi connectivity index (χ1) is 14.9. The molecular formula is C23H25N3O5. The number of esters is 1. The van der Waals surface area contributed by atoms with Gasteiger partial charge < -0.3 is 15.0 Å². The van der Waals surface area contributed by atoms with Gasteiger partial charge in [0.15, 0.2) is 0 Å². The molecule has 31 heavy (non-hydrogen) atoms. The molecular weight excluding hydrogens is 398 g/mol. The molecule has 2 N–H and O–H groups in total. The highest BCUT2D eigenvalue weighted by Crippen LogP contribution is 2.28. The predicted molar refractivity (Wildman–Crippen MR) is 114 cm³/mol. The molecule has 0 unspecified atom stereocenters. The molecule has 0 aromatic heterocycles. The minimum atomic E-state index is -1.31. The van der Waals surface area contributed by atoms with Crippen molar-refractivity contribution in [2.24, 2.45) is 5.92 Å². The maximum atomic E-state index is 12.8. The molecule has 0 aliphatic carbocycles. The standard InChI is InChI=1S/C23H25N3O5/c1-3-24-23(30)25-21(28)20(16-7-5-4-6-8-16)31-22(29)17-13-19(27)26(14-17)18-11-9-15(2)10-12-18/h4-12,17,20H,3,13-14H2,1-2H3,(H2,24,25,28,30)/t17-,20-/m1/s1. The van der Waals surface area contributed by atoms with Crippen LogP contribution in [0.2, 0.25) is 0 Å². The summed E-state index contributed by atoms with van der Waals surface area (Å²) >= 11 is 0. The number of imide groups is 1. The van der Waals surface area contributed by atoms with Crippen molar-refractivity contribution >= 4 is 29.5 Å². The molecule has 2 aromatic rings. The van der Waals surface area contributed by atoms with Gasteiger partial charge in [-0.3, -0.25) is 19.7 Å². The Balaban J connectivity index is 1.73. The normalized spacial score (nSPS) is 16.5. The monoisotopic (exact) mass is 423 g/mol. The van der Waals surface area contributed by atoms with Gasteiger partial charge in [0.2, 0.25) is 12.0 Å². The van der Waals surface area contributed by atoms with E-state index in [1.54, 1.807) is 37.3 Å². The van der Waals surface area contributed by atoms with Crippen LogP contribution in [0.4, 0.5) is 10.5 Å². The Morgan fingerprint density at radius 2 is 1.77 bits per heavy atom. The summed E-state index contributed by atoms with van der Waals surface area (Å²) in [5.74, 6) is -2.32. The number of aryl methyl sites for hydroxylation is 1. The van der Waals surface area contributed by atoms with Crippen molar-refractivity contribution in [3.05, 3.63) is 65.7 Å². The Kier molecular flexibility index (Phi) is 7.02. The number of hydrogen-bond donors (Lipinski definition) is 2. The third-order valence-corrected chi connectivity index (χ3v) is 4.95. The predicted octanol–water partition coefficient (Wildman–Crippen LogP) is 2.48. The summed E-state index contributed by atoms with van der Waals surface area (Å²) in [5, 5.41) is 4.64. The van der Waals surface area contributed by atoms with Crippen LogP contribution in [0.15, 0.2) is 54.6 Å². The second kappa shape index (κ2) is 9.88. The van der Waals surface area contributed by atoms with Crippen molar-refractivity contribution < 1.29 is 23.9 Å². The molecule has 4 amide bonds. The number of carbonyl (C=O) groups excluding carboxylic acids is 4. The number of nitrogens with zero attached hydrogens (tertiary/aromatic N) is 1. The molecule has 2 aromatic carbocycles. The van der Waals surface area contributed by atoms with Crippen LogP contribution in [-0.4, -0.2) is 36.9 Å². The lowest BCUT2D eigenvalue weighted by Crippen LogP contribution is -2.43. The summed E-state index contributed by atoms with van der Waals surface area (Å²) < 4.78 is 5.50. The second-order valence-corrected chi connectivity index (χ2v) is 7.32. The van der Waals surface area contributed by atoms with E-state index >= 15 is 0 Å². The minimum Gasteiger partial charge on any atom is -0.447 e. The molecule has 2 atom stereocenters. The molecule has 8 nitrogen and oxygen atoms in total. The summed E-state index contributed by atoms with van der Waals surface area (Å²) in [6.45, 7) is 4.18. The third kappa shape index (κ3) is 5.48. The summed E-state index contributed by atoms with van der Waals surface area (Å²) in [6.07, 6.45) is -1.31. The lowest BCUT2D eigenvalue weighted by Gasteiger charge is -2.20. The highest BCUT2D eigenvalue weighted by molar-refractivity contribution is 6.01. The van der Waals surface area contributed by atoms with Gasteiger partial charge in [-0.05, 0) is 26.0 Å². The molecule has 1 saturated heterocycles. The van der Waals surface area contributed by atoms with E-state index in [0.717, 1.165) is 5.56 Å². The van der Waals surface area contributed by atoms with Gasteiger partial charge in [-0.25, -0.2) is 4.79 Å². The highest BCUT2D eigenvalue weighted by atomic mass is 16.5. The summed E-state index contributed by atoms with van der Waals surface area (Å²) in [5.41, 5.74) is 2.20. The maximum absolute atomic E-state index is 12.8. The number of rotatable bonds is 6. The number of hydrogen-bond acceptors (Lipinski definition) is 5. The van der Waals surface area contributed by atoms with Crippen molar-refractivity contribution in [2.45, 2.75) is 26.4 Å². The second-order valence-electron chi connectivity index (χ2n) is 7.32. The Bertz CT molecular complexity index is 959. The molecule has 3 rings (SSSR count). The first-order valence-corrected chi connectivity index (χ1v) is 10.1. The zero-order valence-corrected chi connectivity index (χ0v) is 17.5. The maximum Gasteiger partial charge on any atom is 0.321 e. The molecule has 8 heteroatoms. The topological polar surface area (TPSA) is 105 Å². The van der Waals surface area contributed by atoms with Crippen LogP contribution in [0.5, 0.6) is 0 Å². The van der Waals surface area contributed by atoms with E-state index in [0.29, 0.717) is 17.8 Å². The number of urea groups is 1. The van der Waals surface area contributed by atoms with Crippen LogP contribution in [0.1, 0.15) is 30.6 Å². The van der Waals surface area contributed by atoms with Gasteiger partial charge >= 0.3 is 12.0 Å². The smallest absolute Gasteiger partial charge is 0.321 e. The zero-order valence-electron chi connectivity index (χ0n) is 17.5. The van der Waals surface area contributed by atoms with Crippen molar-refractivity contribution in [2.75, 3.05) is 18.0 Å². The molecule has 162 valence electrons. The number of amides is 4. The van der Waals surface area contributed by atoms with Gasteiger partial charge in [-0.2, -0.15) is 0 Å². The van der Waals surface area contributed by atoms with Gasteiger partial charge in [0, 0.05) is 30.8 Å². The lowest BCUT2D eigenvalue weighted by atomic mass is 10.1. The van der Waals surface area contributed by atoms with E-state index in [4.69, 9.17) is 4.74 Å². The third-order valence-electron chi connectivity index (χ3n) is 4.95. The molecule has 0 spiro atoms. The van der Waals surface area contributed by atoms with E-state index in [9.17, 15) is 19.2 Å². The van der Waals surface area contributed by atoms with E-state index in [-0.39, 0.29) is 18.9 Å². The summed E-state index contributed by atoms with van der Waals surface area (Å²) in [6, 6.07) is 15.2. The van der Waals surface area contributed by atoms with Crippen molar-refractivity contribution in [1.29, 1.82) is 0 Å². The Labute approximate surface area is 180 Å². The van der Waals surface area contributed by atoms with Crippen LogP contribution in [0.25, 0.3) is 0 Å². The van der Waals surface area contributed by atoms with E-state index in [1.807, 2.05) is 31.2 Å². The first kappa shape index (κ1) is 22.0. The number of nitrogens with one attached hydrogen (secondary N) is 2. The van der Waals surface area contributed by atoms with Crippen LogP contribution < -0.4 is 15.5 Å². The number of benzene rings is 2. The molecule has 1 fully saturated rings. The van der Waals surface area contributed by atoms with E-state index in [2.05, 4.69) is 10.6 Å².